The van der Waals surface area contributed by atoms with Crippen LogP contribution in [0.15, 0.2) is 60.9 Å². The number of aryl methyl sites for hydroxylation is 1. The molecule has 0 spiro atoms. The molecule has 4 nitrogen and oxygen atoms in total. The predicted molar refractivity (Wildman–Crippen MR) is 98.7 cm³/mol. The van der Waals surface area contributed by atoms with Crippen LogP contribution in [-0.2, 0) is 26.2 Å². The van der Waals surface area contributed by atoms with Gasteiger partial charge in [-0.25, -0.2) is 0 Å². The molecule has 0 saturated carbocycles. The Labute approximate surface area is 147 Å². The van der Waals surface area contributed by atoms with E-state index in [0.717, 1.165) is 31.9 Å². The molecular formula is C19H22N4S. The average molecular weight is 338 g/mol. The van der Waals surface area contributed by atoms with Gasteiger partial charge in [-0.15, -0.1) is 17.9 Å². The van der Waals surface area contributed by atoms with Gasteiger partial charge in [0, 0.05) is 48.7 Å². The molecule has 0 aliphatic heterocycles. The van der Waals surface area contributed by atoms with E-state index in [9.17, 15) is 0 Å². The van der Waals surface area contributed by atoms with Gasteiger partial charge < -0.3 is 0 Å². The van der Waals surface area contributed by atoms with Crippen LogP contribution in [0.1, 0.15) is 21.7 Å². The number of pyridine rings is 1. The van der Waals surface area contributed by atoms with Crippen molar-refractivity contribution in [3.63, 3.8) is 0 Å². The molecule has 0 aliphatic carbocycles. The smallest absolute Gasteiger partial charge is 0.0638 e. The van der Waals surface area contributed by atoms with Crippen molar-refractivity contribution in [3.8, 4) is 0 Å². The molecule has 5 heteroatoms. The van der Waals surface area contributed by atoms with Gasteiger partial charge in [-0.3, -0.25) is 14.6 Å². The topological polar surface area (TPSA) is 34.0 Å². The van der Waals surface area contributed by atoms with Crippen LogP contribution in [0.25, 0.3) is 0 Å². The third-order valence-corrected chi connectivity index (χ3v) is 4.71. The molecule has 0 aromatic carbocycles. The summed E-state index contributed by atoms with van der Waals surface area (Å²) >= 11 is 1.80. The van der Waals surface area contributed by atoms with Crippen LogP contribution >= 0.6 is 11.3 Å². The van der Waals surface area contributed by atoms with Crippen molar-refractivity contribution < 1.29 is 0 Å². The zero-order chi connectivity index (χ0) is 16.8. The highest BCUT2D eigenvalue weighted by Gasteiger charge is 2.13. The number of hydrogen-bond donors (Lipinski definition) is 0. The first kappa shape index (κ1) is 16.6. The fraction of sp³-hybridized carbons (Fsp3) is 0.263. The first-order valence-electron chi connectivity index (χ1n) is 8.02. The second-order valence-corrected chi connectivity index (χ2v) is 6.87. The molecule has 24 heavy (non-hydrogen) atoms. The molecule has 0 fully saturated rings. The molecule has 0 amide bonds. The third kappa shape index (κ3) is 4.40. The Morgan fingerprint density at radius 3 is 2.88 bits per heavy atom. The molecule has 124 valence electrons. The Morgan fingerprint density at radius 2 is 2.17 bits per heavy atom. The molecular weight excluding hydrogens is 316 g/mol. The quantitative estimate of drug-likeness (QED) is 0.581. The molecule has 0 N–H and O–H groups in total. The number of aromatic nitrogens is 3. The van der Waals surface area contributed by atoms with E-state index in [0.29, 0.717) is 0 Å². The van der Waals surface area contributed by atoms with Gasteiger partial charge in [0.1, 0.15) is 0 Å². The fourth-order valence-corrected chi connectivity index (χ4v) is 3.47. The summed E-state index contributed by atoms with van der Waals surface area (Å²) in [5.41, 5.74) is 3.57. The lowest BCUT2D eigenvalue weighted by Gasteiger charge is -2.21. The molecule has 0 radical (unpaired) electrons. The maximum Gasteiger partial charge on any atom is 0.0638 e. The maximum absolute atomic E-state index is 4.57. The summed E-state index contributed by atoms with van der Waals surface area (Å²) in [5, 5.41) is 6.70. The second kappa shape index (κ2) is 8.04. The number of allylic oxidation sites excluding steroid dienone is 1. The predicted octanol–water partition coefficient (Wildman–Crippen LogP) is 4.04. The summed E-state index contributed by atoms with van der Waals surface area (Å²) in [4.78, 5) is 8.04. The summed E-state index contributed by atoms with van der Waals surface area (Å²) in [6, 6.07) is 8.42. The highest BCUT2D eigenvalue weighted by atomic mass is 32.1. The standard InChI is InChI=1S/C19H22N4S/c1-3-9-23-14-18(16(2)21-23)13-22(15-19-7-5-10-24-19)12-17-6-4-8-20-11-17/h3-8,10-11,14H,1,9,12-13,15H2,2H3. The molecule has 3 rings (SSSR count). The number of nitrogens with zero attached hydrogens (tertiary/aromatic N) is 4. The largest absolute Gasteiger partial charge is 0.290 e. The van der Waals surface area contributed by atoms with Crippen molar-refractivity contribution in [2.24, 2.45) is 0 Å². The van der Waals surface area contributed by atoms with Gasteiger partial charge in [0.05, 0.1) is 12.2 Å². The minimum Gasteiger partial charge on any atom is -0.290 e. The maximum atomic E-state index is 4.57. The second-order valence-electron chi connectivity index (χ2n) is 5.84. The summed E-state index contributed by atoms with van der Waals surface area (Å²) in [6.07, 6.45) is 7.75. The van der Waals surface area contributed by atoms with E-state index >= 15 is 0 Å². The monoisotopic (exact) mass is 338 g/mol. The zero-order valence-electron chi connectivity index (χ0n) is 13.9. The van der Waals surface area contributed by atoms with E-state index in [-0.39, 0.29) is 0 Å². The Balaban J connectivity index is 1.77. The summed E-state index contributed by atoms with van der Waals surface area (Å²) in [7, 11) is 0. The van der Waals surface area contributed by atoms with Crippen molar-refractivity contribution in [1.29, 1.82) is 0 Å². The third-order valence-electron chi connectivity index (χ3n) is 3.85. The minimum absolute atomic E-state index is 0.744. The van der Waals surface area contributed by atoms with Gasteiger partial charge >= 0.3 is 0 Å². The molecule has 3 aromatic rings. The van der Waals surface area contributed by atoms with Crippen molar-refractivity contribution >= 4 is 11.3 Å². The molecule has 3 aromatic heterocycles. The first-order valence-corrected chi connectivity index (χ1v) is 8.90. The van der Waals surface area contributed by atoms with Crippen LogP contribution in [0.5, 0.6) is 0 Å². The van der Waals surface area contributed by atoms with Gasteiger partial charge in [-0.2, -0.15) is 5.10 Å². The first-order chi connectivity index (χ1) is 11.7. The Kier molecular flexibility index (Phi) is 5.56. The minimum atomic E-state index is 0.744. The lowest BCUT2D eigenvalue weighted by atomic mass is 10.2. The number of thiophene rings is 1. The van der Waals surface area contributed by atoms with Crippen LogP contribution < -0.4 is 0 Å². The van der Waals surface area contributed by atoms with Crippen molar-refractivity contribution in [1.82, 2.24) is 19.7 Å². The van der Waals surface area contributed by atoms with Gasteiger partial charge in [-0.05, 0) is 30.0 Å². The van der Waals surface area contributed by atoms with Crippen molar-refractivity contribution in [2.75, 3.05) is 0 Å². The Bertz CT molecular complexity index is 762. The van der Waals surface area contributed by atoms with E-state index in [1.54, 1.807) is 11.3 Å². The Morgan fingerprint density at radius 1 is 1.25 bits per heavy atom. The molecule has 0 saturated heterocycles. The van der Waals surface area contributed by atoms with Crippen LogP contribution in [0.3, 0.4) is 0 Å². The normalized spacial score (nSPS) is 11.1. The highest BCUT2D eigenvalue weighted by molar-refractivity contribution is 7.09. The van der Waals surface area contributed by atoms with E-state index in [4.69, 9.17) is 0 Å². The summed E-state index contributed by atoms with van der Waals surface area (Å²) < 4.78 is 1.95. The fourth-order valence-electron chi connectivity index (χ4n) is 2.72. The average Bonchev–Trinajstić information content (AvgIpc) is 3.19. The molecule has 0 aliphatic rings. The molecule has 0 unspecified atom stereocenters. The van der Waals surface area contributed by atoms with Crippen LogP contribution in [0.4, 0.5) is 0 Å². The van der Waals surface area contributed by atoms with Gasteiger partial charge in [0.25, 0.3) is 0 Å². The number of rotatable bonds is 8. The zero-order valence-corrected chi connectivity index (χ0v) is 14.7. The van der Waals surface area contributed by atoms with E-state index in [1.165, 1.54) is 16.0 Å². The van der Waals surface area contributed by atoms with Crippen molar-refractivity contribution in [2.45, 2.75) is 33.1 Å². The van der Waals surface area contributed by atoms with E-state index < -0.39 is 0 Å². The molecule has 3 heterocycles. The SMILES string of the molecule is C=CCn1cc(CN(Cc2cccnc2)Cc2cccs2)c(C)n1. The Hall–Kier alpha value is -2.24. The van der Waals surface area contributed by atoms with Gasteiger partial charge in [0.2, 0.25) is 0 Å². The highest BCUT2D eigenvalue weighted by Crippen LogP contribution is 2.18. The summed E-state index contributed by atoms with van der Waals surface area (Å²) in [6.45, 7) is 9.27. The molecule has 0 bridgehead atoms. The van der Waals surface area contributed by atoms with Crippen molar-refractivity contribution in [3.05, 3.63) is 82.6 Å². The lowest BCUT2D eigenvalue weighted by Crippen LogP contribution is -2.22. The number of hydrogen-bond acceptors (Lipinski definition) is 4. The van der Waals surface area contributed by atoms with E-state index in [1.807, 2.05) is 29.2 Å². The van der Waals surface area contributed by atoms with Gasteiger partial charge in [0.15, 0.2) is 0 Å². The van der Waals surface area contributed by atoms with Gasteiger partial charge in [-0.1, -0.05) is 18.2 Å². The van der Waals surface area contributed by atoms with Crippen LogP contribution in [0.2, 0.25) is 0 Å². The molecule has 0 atom stereocenters. The summed E-state index contributed by atoms with van der Waals surface area (Å²) in [5.74, 6) is 0. The van der Waals surface area contributed by atoms with Crippen LogP contribution in [-0.4, -0.2) is 19.7 Å². The van der Waals surface area contributed by atoms with Crippen LogP contribution in [0, 0.1) is 6.92 Å². The lowest BCUT2D eigenvalue weighted by molar-refractivity contribution is 0.249. The van der Waals surface area contributed by atoms with E-state index in [2.05, 4.69) is 58.3 Å².